The SMILES string of the molecule is Cc1cc(C)c(CN2CCC[C@H](O)C2)c(C)c1. The van der Waals surface area contributed by atoms with Crippen LogP contribution < -0.4 is 0 Å². The van der Waals surface area contributed by atoms with E-state index in [1.165, 1.54) is 22.3 Å². The summed E-state index contributed by atoms with van der Waals surface area (Å²) in [5.74, 6) is 0. The molecular weight excluding hydrogens is 210 g/mol. The standard InChI is InChI=1S/C15H23NO/c1-11-7-12(2)15(13(3)8-11)10-16-6-4-5-14(17)9-16/h7-8,14,17H,4-6,9-10H2,1-3H3/t14-/m0/s1. The fourth-order valence-corrected chi connectivity index (χ4v) is 2.86. The van der Waals surface area contributed by atoms with Gasteiger partial charge in [-0.25, -0.2) is 0 Å². The summed E-state index contributed by atoms with van der Waals surface area (Å²) in [7, 11) is 0. The number of nitrogens with zero attached hydrogens (tertiary/aromatic N) is 1. The van der Waals surface area contributed by atoms with Gasteiger partial charge >= 0.3 is 0 Å². The molecule has 1 atom stereocenters. The van der Waals surface area contributed by atoms with Gasteiger partial charge in [0.15, 0.2) is 0 Å². The number of aliphatic hydroxyl groups is 1. The van der Waals surface area contributed by atoms with Gasteiger partial charge in [0.05, 0.1) is 6.10 Å². The van der Waals surface area contributed by atoms with Crippen LogP contribution in [0, 0.1) is 20.8 Å². The molecule has 0 aromatic heterocycles. The Hall–Kier alpha value is -0.860. The molecule has 1 aromatic carbocycles. The molecule has 1 N–H and O–H groups in total. The van der Waals surface area contributed by atoms with E-state index >= 15 is 0 Å². The number of likely N-dealkylation sites (tertiary alicyclic amines) is 1. The van der Waals surface area contributed by atoms with E-state index in [2.05, 4.69) is 37.8 Å². The monoisotopic (exact) mass is 233 g/mol. The van der Waals surface area contributed by atoms with Gasteiger partial charge in [0.2, 0.25) is 0 Å². The van der Waals surface area contributed by atoms with Crippen LogP contribution in [0.3, 0.4) is 0 Å². The molecule has 1 saturated heterocycles. The Bertz CT molecular complexity index is 377. The van der Waals surface area contributed by atoms with Gasteiger partial charge < -0.3 is 5.11 Å². The van der Waals surface area contributed by atoms with Crippen LogP contribution >= 0.6 is 0 Å². The van der Waals surface area contributed by atoms with E-state index in [0.29, 0.717) is 0 Å². The molecule has 1 aliphatic heterocycles. The first-order valence-electron chi connectivity index (χ1n) is 6.53. The Labute approximate surface area is 104 Å². The summed E-state index contributed by atoms with van der Waals surface area (Å²) >= 11 is 0. The molecule has 2 nitrogen and oxygen atoms in total. The van der Waals surface area contributed by atoms with Crippen LogP contribution in [0.15, 0.2) is 12.1 Å². The van der Waals surface area contributed by atoms with Crippen molar-refractivity contribution in [2.45, 2.75) is 46.3 Å². The smallest absolute Gasteiger partial charge is 0.0667 e. The molecule has 0 bridgehead atoms. The van der Waals surface area contributed by atoms with E-state index in [-0.39, 0.29) is 6.10 Å². The average molecular weight is 233 g/mol. The Morgan fingerprint density at radius 1 is 1.24 bits per heavy atom. The van der Waals surface area contributed by atoms with Crippen molar-refractivity contribution >= 4 is 0 Å². The second-order valence-corrected chi connectivity index (χ2v) is 5.41. The topological polar surface area (TPSA) is 23.5 Å². The zero-order valence-electron chi connectivity index (χ0n) is 11.2. The zero-order valence-corrected chi connectivity index (χ0v) is 11.2. The lowest BCUT2D eigenvalue weighted by molar-refractivity contribution is 0.0666. The van der Waals surface area contributed by atoms with Crippen LogP contribution in [-0.4, -0.2) is 29.2 Å². The molecule has 0 radical (unpaired) electrons. The molecule has 94 valence electrons. The Morgan fingerprint density at radius 2 is 1.88 bits per heavy atom. The summed E-state index contributed by atoms with van der Waals surface area (Å²) in [6.07, 6.45) is 1.95. The normalized spacial score (nSPS) is 21.8. The number of β-amino-alcohol motifs (C(OH)–C–C–N with tert-alkyl or cyclic N) is 1. The molecule has 1 aromatic rings. The Morgan fingerprint density at radius 3 is 2.47 bits per heavy atom. The quantitative estimate of drug-likeness (QED) is 0.848. The van der Waals surface area contributed by atoms with Crippen molar-refractivity contribution in [2.75, 3.05) is 13.1 Å². The van der Waals surface area contributed by atoms with Crippen LogP contribution in [0.2, 0.25) is 0 Å². The highest BCUT2D eigenvalue weighted by Gasteiger charge is 2.18. The minimum atomic E-state index is -0.130. The van der Waals surface area contributed by atoms with E-state index in [1.807, 2.05) is 0 Å². The molecule has 0 unspecified atom stereocenters. The van der Waals surface area contributed by atoms with Crippen LogP contribution in [-0.2, 0) is 6.54 Å². The maximum absolute atomic E-state index is 9.70. The second-order valence-electron chi connectivity index (χ2n) is 5.41. The van der Waals surface area contributed by atoms with Crippen molar-refractivity contribution in [1.82, 2.24) is 4.90 Å². The number of benzene rings is 1. The Kier molecular flexibility index (Phi) is 3.85. The van der Waals surface area contributed by atoms with Crippen LogP contribution in [0.5, 0.6) is 0 Å². The maximum Gasteiger partial charge on any atom is 0.0667 e. The van der Waals surface area contributed by atoms with Gasteiger partial charge in [0, 0.05) is 13.1 Å². The van der Waals surface area contributed by atoms with E-state index < -0.39 is 0 Å². The molecular formula is C15H23NO. The van der Waals surface area contributed by atoms with Crippen LogP contribution in [0.1, 0.15) is 35.1 Å². The summed E-state index contributed by atoms with van der Waals surface area (Å²) in [5, 5.41) is 9.70. The third-order valence-electron chi connectivity index (χ3n) is 3.70. The fraction of sp³-hybridized carbons (Fsp3) is 0.600. The molecule has 0 spiro atoms. The van der Waals surface area contributed by atoms with Crippen molar-refractivity contribution in [3.63, 3.8) is 0 Å². The summed E-state index contributed by atoms with van der Waals surface area (Å²) in [6, 6.07) is 4.51. The first kappa shape index (κ1) is 12.6. The first-order valence-corrected chi connectivity index (χ1v) is 6.53. The highest BCUT2D eigenvalue weighted by Crippen LogP contribution is 2.20. The summed E-state index contributed by atoms with van der Waals surface area (Å²) in [4.78, 5) is 2.37. The summed E-state index contributed by atoms with van der Waals surface area (Å²) in [5.41, 5.74) is 5.53. The molecule has 0 amide bonds. The first-order chi connectivity index (χ1) is 8.06. The van der Waals surface area contributed by atoms with Gasteiger partial charge in [-0.2, -0.15) is 0 Å². The van der Waals surface area contributed by atoms with E-state index in [9.17, 15) is 5.11 Å². The van der Waals surface area contributed by atoms with Crippen LogP contribution in [0.4, 0.5) is 0 Å². The predicted molar refractivity (Wildman–Crippen MR) is 71.2 cm³/mol. The predicted octanol–water partition coefficient (Wildman–Crippen LogP) is 2.57. The molecule has 0 saturated carbocycles. The molecule has 1 aliphatic rings. The molecule has 0 aliphatic carbocycles. The summed E-state index contributed by atoms with van der Waals surface area (Å²) in [6.45, 7) is 9.45. The van der Waals surface area contributed by atoms with E-state index in [4.69, 9.17) is 0 Å². The Balaban J connectivity index is 2.12. The molecule has 2 rings (SSSR count). The number of hydrogen-bond acceptors (Lipinski definition) is 2. The molecule has 1 heterocycles. The third-order valence-corrected chi connectivity index (χ3v) is 3.70. The van der Waals surface area contributed by atoms with Gasteiger partial charge in [0.1, 0.15) is 0 Å². The molecule has 1 fully saturated rings. The molecule has 17 heavy (non-hydrogen) atoms. The van der Waals surface area contributed by atoms with E-state index in [1.54, 1.807) is 0 Å². The second kappa shape index (κ2) is 5.19. The minimum Gasteiger partial charge on any atom is -0.392 e. The molecule has 2 heteroatoms. The third kappa shape index (κ3) is 3.08. The summed E-state index contributed by atoms with van der Waals surface area (Å²) < 4.78 is 0. The van der Waals surface area contributed by atoms with Crippen molar-refractivity contribution in [3.05, 3.63) is 34.4 Å². The van der Waals surface area contributed by atoms with Crippen molar-refractivity contribution < 1.29 is 5.11 Å². The lowest BCUT2D eigenvalue weighted by Gasteiger charge is -2.31. The number of piperidine rings is 1. The largest absolute Gasteiger partial charge is 0.392 e. The number of hydrogen-bond donors (Lipinski definition) is 1. The van der Waals surface area contributed by atoms with Gasteiger partial charge in [-0.15, -0.1) is 0 Å². The van der Waals surface area contributed by atoms with Crippen molar-refractivity contribution in [2.24, 2.45) is 0 Å². The van der Waals surface area contributed by atoms with Gasteiger partial charge in [-0.1, -0.05) is 17.7 Å². The number of rotatable bonds is 2. The van der Waals surface area contributed by atoms with Gasteiger partial charge in [0.25, 0.3) is 0 Å². The number of aliphatic hydroxyl groups excluding tert-OH is 1. The van der Waals surface area contributed by atoms with Gasteiger partial charge in [-0.3, -0.25) is 4.90 Å². The van der Waals surface area contributed by atoms with Crippen molar-refractivity contribution in [1.29, 1.82) is 0 Å². The fourth-order valence-electron chi connectivity index (χ4n) is 2.86. The highest BCUT2D eigenvalue weighted by molar-refractivity contribution is 5.37. The maximum atomic E-state index is 9.70. The van der Waals surface area contributed by atoms with Crippen molar-refractivity contribution in [3.8, 4) is 0 Å². The van der Waals surface area contributed by atoms with E-state index in [0.717, 1.165) is 32.5 Å². The average Bonchev–Trinajstić information content (AvgIpc) is 2.23. The number of aryl methyl sites for hydroxylation is 3. The zero-order chi connectivity index (χ0) is 12.4. The highest BCUT2D eigenvalue weighted by atomic mass is 16.3. The lowest BCUT2D eigenvalue weighted by Crippen LogP contribution is -2.37. The lowest BCUT2D eigenvalue weighted by atomic mass is 9.98. The van der Waals surface area contributed by atoms with Crippen LogP contribution in [0.25, 0.3) is 0 Å². The van der Waals surface area contributed by atoms with Gasteiger partial charge in [-0.05, 0) is 56.8 Å². The minimum absolute atomic E-state index is 0.130.